The summed E-state index contributed by atoms with van der Waals surface area (Å²) in [6.45, 7) is 5.75. The van der Waals surface area contributed by atoms with Gasteiger partial charge in [0.05, 0.1) is 27.7 Å². The Bertz CT molecular complexity index is 338. The number of rotatable bonds is 17. The quantitative estimate of drug-likeness (QED) is 0.200. The van der Waals surface area contributed by atoms with Gasteiger partial charge in [-0.25, -0.2) is 0 Å². The SMILES string of the molecule is CCCCCCCC/C=C\CCCCCCCC(N)=O.CCC[N+](C)(C)C.[Br-]. The van der Waals surface area contributed by atoms with E-state index in [1.165, 1.54) is 83.6 Å². The summed E-state index contributed by atoms with van der Waals surface area (Å²) in [6, 6.07) is 0. The Labute approximate surface area is 187 Å². The summed E-state index contributed by atoms with van der Waals surface area (Å²) < 4.78 is 1.09. The van der Waals surface area contributed by atoms with Crippen LogP contribution in [-0.2, 0) is 4.79 Å². The van der Waals surface area contributed by atoms with Gasteiger partial charge in [-0.1, -0.05) is 77.4 Å². The number of unbranched alkanes of at least 4 members (excludes halogenated alkanes) is 11. The maximum absolute atomic E-state index is 10.5. The van der Waals surface area contributed by atoms with Crippen molar-refractivity contribution in [1.29, 1.82) is 0 Å². The fraction of sp³-hybridized carbons (Fsp3) is 0.875. The van der Waals surface area contributed by atoms with Crippen molar-refractivity contribution in [1.82, 2.24) is 0 Å². The van der Waals surface area contributed by atoms with Crippen molar-refractivity contribution in [3.05, 3.63) is 12.2 Å². The number of allylic oxidation sites excluding steroid dienone is 2. The van der Waals surface area contributed by atoms with Crippen molar-refractivity contribution < 1.29 is 26.3 Å². The van der Waals surface area contributed by atoms with Gasteiger partial charge in [0.1, 0.15) is 0 Å². The van der Waals surface area contributed by atoms with Gasteiger partial charge in [0, 0.05) is 6.42 Å². The van der Waals surface area contributed by atoms with Gasteiger partial charge in [0.25, 0.3) is 0 Å². The average molecular weight is 464 g/mol. The third-order valence-corrected chi connectivity index (χ3v) is 4.58. The summed E-state index contributed by atoms with van der Waals surface area (Å²) >= 11 is 0. The van der Waals surface area contributed by atoms with E-state index >= 15 is 0 Å². The van der Waals surface area contributed by atoms with E-state index < -0.39 is 0 Å². The van der Waals surface area contributed by atoms with E-state index in [1.54, 1.807) is 0 Å². The largest absolute Gasteiger partial charge is 1.00 e. The second-order valence-corrected chi connectivity index (χ2v) is 8.81. The zero-order chi connectivity index (χ0) is 20.8. The molecule has 0 saturated heterocycles. The lowest BCUT2D eigenvalue weighted by Crippen LogP contribution is -3.00. The van der Waals surface area contributed by atoms with Crippen LogP contribution < -0.4 is 22.7 Å². The lowest BCUT2D eigenvalue weighted by Gasteiger charge is -2.22. The van der Waals surface area contributed by atoms with Crippen LogP contribution in [0.25, 0.3) is 0 Å². The van der Waals surface area contributed by atoms with Gasteiger partial charge in [-0.2, -0.15) is 0 Å². The maximum atomic E-state index is 10.5. The molecule has 0 heterocycles. The first-order chi connectivity index (χ1) is 12.8. The van der Waals surface area contributed by atoms with E-state index in [1.807, 2.05) is 0 Å². The van der Waals surface area contributed by atoms with Crippen molar-refractivity contribution in [3.63, 3.8) is 0 Å². The van der Waals surface area contributed by atoms with Gasteiger partial charge in [-0.15, -0.1) is 0 Å². The van der Waals surface area contributed by atoms with Crippen LogP contribution in [0.15, 0.2) is 12.2 Å². The molecule has 3 nitrogen and oxygen atoms in total. The van der Waals surface area contributed by atoms with Crippen LogP contribution in [0.3, 0.4) is 0 Å². The molecule has 0 bridgehead atoms. The van der Waals surface area contributed by atoms with Crippen molar-refractivity contribution >= 4 is 5.91 Å². The predicted molar refractivity (Wildman–Crippen MR) is 122 cm³/mol. The van der Waals surface area contributed by atoms with Gasteiger partial charge in [0.2, 0.25) is 5.91 Å². The number of halogens is 1. The predicted octanol–water partition coefficient (Wildman–Crippen LogP) is 3.62. The summed E-state index contributed by atoms with van der Waals surface area (Å²) in [5, 5.41) is 0. The molecular weight excluding hydrogens is 412 g/mol. The summed E-state index contributed by atoms with van der Waals surface area (Å²) in [6.07, 6.45) is 23.2. The number of carbonyl (C=O) groups is 1. The number of quaternary nitrogens is 1. The second-order valence-electron chi connectivity index (χ2n) is 8.81. The molecular formula is C24H51BrN2O. The van der Waals surface area contributed by atoms with Crippen LogP contribution in [0.4, 0.5) is 0 Å². The summed E-state index contributed by atoms with van der Waals surface area (Å²) in [5.41, 5.74) is 5.10. The standard InChI is InChI=1S/C18H35NO.C6H16N.BrH/c1-2-3-4-5-6-7-8-9-10-11-12-13-14-15-16-17-18(19)20;1-5-6-7(2,3)4;/h9-10H,2-8,11-17H2,1H3,(H2,19,20);5-6H2,1-4H3;1H/q;+1;/p-1/b10-9-;;. The Morgan fingerprint density at radius 1 is 0.714 bits per heavy atom. The average Bonchev–Trinajstić information content (AvgIpc) is 2.57. The molecule has 0 atom stereocenters. The molecule has 0 aromatic rings. The molecule has 2 N–H and O–H groups in total. The minimum atomic E-state index is -0.164. The van der Waals surface area contributed by atoms with Gasteiger partial charge >= 0.3 is 0 Å². The van der Waals surface area contributed by atoms with E-state index in [9.17, 15) is 4.79 Å². The minimum Gasteiger partial charge on any atom is -1.00 e. The highest BCUT2D eigenvalue weighted by Gasteiger charge is 2.01. The Balaban J connectivity index is -0.000000665. The summed E-state index contributed by atoms with van der Waals surface area (Å²) in [4.78, 5) is 10.5. The number of primary amides is 1. The number of nitrogens with two attached hydrogens (primary N) is 1. The molecule has 0 saturated carbocycles. The summed E-state index contributed by atoms with van der Waals surface area (Å²) in [7, 11) is 6.64. The molecule has 1 amide bonds. The lowest BCUT2D eigenvalue weighted by atomic mass is 10.1. The monoisotopic (exact) mass is 462 g/mol. The molecule has 4 heteroatoms. The third kappa shape index (κ3) is 36.5. The van der Waals surface area contributed by atoms with Crippen LogP contribution >= 0.6 is 0 Å². The molecule has 0 radical (unpaired) electrons. The molecule has 0 spiro atoms. The topological polar surface area (TPSA) is 43.1 Å². The second kappa shape index (κ2) is 24.7. The first kappa shape index (κ1) is 32.3. The van der Waals surface area contributed by atoms with Gasteiger partial charge in [-0.05, 0) is 38.5 Å². The number of hydrogen-bond acceptors (Lipinski definition) is 1. The zero-order valence-corrected chi connectivity index (χ0v) is 21.4. The molecule has 0 aromatic heterocycles. The molecule has 0 aromatic carbocycles. The third-order valence-electron chi connectivity index (χ3n) is 4.58. The first-order valence-corrected chi connectivity index (χ1v) is 11.6. The van der Waals surface area contributed by atoms with E-state index in [0.29, 0.717) is 6.42 Å². The fourth-order valence-corrected chi connectivity index (χ4v) is 3.04. The Morgan fingerprint density at radius 2 is 1.14 bits per heavy atom. The van der Waals surface area contributed by atoms with Crippen LogP contribution in [0, 0.1) is 0 Å². The highest BCUT2D eigenvalue weighted by molar-refractivity contribution is 5.73. The van der Waals surface area contributed by atoms with Crippen molar-refractivity contribution in [2.24, 2.45) is 5.73 Å². The Morgan fingerprint density at radius 3 is 1.50 bits per heavy atom. The van der Waals surface area contributed by atoms with Crippen LogP contribution in [-0.4, -0.2) is 38.1 Å². The molecule has 0 aliphatic carbocycles. The van der Waals surface area contributed by atoms with Crippen LogP contribution in [0.2, 0.25) is 0 Å². The van der Waals surface area contributed by atoms with Gasteiger partial charge in [0.15, 0.2) is 0 Å². The first-order valence-electron chi connectivity index (χ1n) is 11.6. The van der Waals surface area contributed by atoms with E-state index in [0.717, 1.165) is 17.3 Å². The molecule has 0 aliphatic rings. The number of amides is 1. The highest BCUT2D eigenvalue weighted by atomic mass is 79.9. The molecule has 0 unspecified atom stereocenters. The highest BCUT2D eigenvalue weighted by Crippen LogP contribution is 2.09. The smallest absolute Gasteiger partial charge is 0.217 e. The number of nitrogens with zero attached hydrogens (tertiary/aromatic N) is 1. The zero-order valence-electron chi connectivity index (χ0n) is 19.8. The molecule has 0 aliphatic heterocycles. The van der Waals surface area contributed by atoms with Gasteiger partial charge in [-0.3, -0.25) is 4.79 Å². The van der Waals surface area contributed by atoms with E-state index in [-0.39, 0.29) is 22.9 Å². The Kier molecular flexibility index (Phi) is 28.5. The maximum Gasteiger partial charge on any atom is 0.217 e. The number of carbonyl (C=O) groups excluding carboxylic acids is 1. The normalized spacial score (nSPS) is 11.0. The Hall–Kier alpha value is -0.350. The van der Waals surface area contributed by atoms with Gasteiger partial charge < -0.3 is 27.2 Å². The minimum absolute atomic E-state index is 0. The lowest BCUT2D eigenvalue weighted by molar-refractivity contribution is -0.870. The van der Waals surface area contributed by atoms with E-state index in [4.69, 9.17) is 5.73 Å². The van der Waals surface area contributed by atoms with E-state index in [2.05, 4.69) is 47.1 Å². The molecule has 0 fully saturated rings. The molecule has 28 heavy (non-hydrogen) atoms. The van der Waals surface area contributed by atoms with Crippen LogP contribution in [0.5, 0.6) is 0 Å². The number of hydrogen-bond donors (Lipinski definition) is 1. The van der Waals surface area contributed by atoms with Crippen molar-refractivity contribution in [3.8, 4) is 0 Å². The molecule has 0 rings (SSSR count). The molecule has 170 valence electrons. The summed E-state index contributed by atoms with van der Waals surface area (Å²) in [5.74, 6) is -0.164. The van der Waals surface area contributed by atoms with Crippen molar-refractivity contribution in [2.45, 2.75) is 110 Å². The van der Waals surface area contributed by atoms with Crippen LogP contribution in [0.1, 0.15) is 110 Å². The fourth-order valence-electron chi connectivity index (χ4n) is 3.04. The van der Waals surface area contributed by atoms with Crippen molar-refractivity contribution in [2.75, 3.05) is 27.7 Å².